The first-order chi connectivity index (χ1) is 10.8. The summed E-state index contributed by atoms with van der Waals surface area (Å²) in [5, 5.41) is 5.06. The Morgan fingerprint density at radius 3 is 2.43 bits per heavy atom. The van der Waals surface area contributed by atoms with Crippen LogP contribution in [0.2, 0.25) is 0 Å². The van der Waals surface area contributed by atoms with Gasteiger partial charge in [-0.2, -0.15) is 12.7 Å². The van der Waals surface area contributed by atoms with Crippen molar-refractivity contribution in [3.63, 3.8) is 0 Å². The number of piperazine rings is 1. The number of halogens is 1. The Hall–Kier alpha value is -1.71. The number of benzene rings is 1. The number of rotatable bonds is 5. The van der Waals surface area contributed by atoms with Crippen LogP contribution >= 0.6 is 0 Å². The molecule has 0 spiro atoms. The van der Waals surface area contributed by atoms with Crippen LogP contribution in [0.5, 0.6) is 5.75 Å². The molecule has 1 aliphatic rings. The maximum atomic E-state index is 13.6. The molecule has 1 fully saturated rings. The number of hydrogen-bond donors (Lipinski definition) is 1. The second kappa shape index (κ2) is 7.24. The molecule has 1 heterocycles. The average molecular weight is 345 g/mol. The largest absolute Gasteiger partial charge is 0.478 e. The topological polar surface area (TPSA) is 92.9 Å². The fraction of sp³-hybridized carbons (Fsp3) is 0.500. The van der Waals surface area contributed by atoms with Crippen LogP contribution in [0.4, 0.5) is 4.39 Å². The number of hydrogen-bond acceptors (Lipinski definition) is 4. The molecule has 9 heteroatoms. The Morgan fingerprint density at radius 1 is 1.30 bits per heavy atom. The van der Waals surface area contributed by atoms with Gasteiger partial charge in [-0.05, 0) is 18.6 Å². The quantitative estimate of drug-likeness (QED) is 0.832. The summed E-state index contributed by atoms with van der Waals surface area (Å²) in [6.45, 7) is 2.50. The van der Waals surface area contributed by atoms with Crippen molar-refractivity contribution in [2.24, 2.45) is 5.14 Å². The van der Waals surface area contributed by atoms with Crippen molar-refractivity contribution in [3.8, 4) is 5.75 Å². The van der Waals surface area contributed by atoms with Crippen molar-refractivity contribution in [1.29, 1.82) is 0 Å². The van der Waals surface area contributed by atoms with Gasteiger partial charge >= 0.3 is 0 Å². The Bertz CT molecular complexity index is 660. The lowest BCUT2D eigenvalue weighted by molar-refractivity contribution is -0.140. The molecule has 1 aromatic carbocycles. The summed E-state index contributed by atoms with van der Waals surface area (Å²) < 4.78 is 42.8. The van der Waals surface area contributed by atoms with Crippen molar-refractivity contribution in [2.45, 2.75) is 19.4 Å². The summed E-state index contributed by atoms with van der Waals surface area (Å²) in [6, 6.07) is 5.89. The first kappa shape index (κ1) is 17.6. The van der Waals surface area contributed by atoms with Gasteiger partial charge in [-0.1, -0.05) is 19.1 Å². The fourth-order valence-corrected chi connectivity index (χ4v) is 3.04. The molecule has 2 rings (SSSR count). The van der Waals surface area contributed by atoms with Gasteiger partial charge in [0, 0.05) is 26.2 Å². The van der Waals surface area contributed by atoms with E-state index in [1.807, 2.05) is 0 Å². The Balaban J connectivity index is 2.00. The van der Waals surface area contributed by atoms with Gasteiger partial charge < -0.3 is 9.64 Å². The highest BCUT2D eigenvalue weighted by Crippen LogP contribution is 2.19. The van der Waals surface area contributed by atoms with Crippen LogP contribution in [0.3, 0.4) is 0 Å². The molecule has 128 valence electrons. The van der Waals surface area contributed by atoms with E-state index in [0.29, 0.717) is 6.42 Å². The molecule has 0 aromatic heterocycles. The molecule has 1 saturated heterocycles. The summed E-state index contributed by atoms with van der Waals surface area (Å²) in [5.41, 5.74) is 0. The molecule has 1 aromatic rings. The molecule has 1 unspecified atom stereocenters. The SMILES string of the molecule is CCC(Oc1ccccc1F)C(=O)N1CCN(S(N)(=O)=O)CC1. The van der Waals surface area contributed by atoms with Crippen LogP contribution in [-0.4, -0.2) is 55.8 Å². The molecule has 0 aliphatic carbocycles. The van der Waals surface area contributed by atoms with Gasteiger partial charge in [0.25, 0.3) is 16.1 Å². The van der Waals surface area contributed by atoms with E-state index in [0.717, 1.165) is 4.31 Å². The van der Waals surface area contributed by atoms with Gasteiger partial charge in [-0.25, -0.2) is 9.53 Å². The number of amides is 1. The second-order valence-corrected chi connectivity index (χ2v) is 6.76. The maximum absolute atomic E-state index is 13.6. The summed E-state index contributed by atoms with van der Waals surface area (Å²) >= 11 is 0. The molecule has 1 atom stereocenters. The molecular formula is C14H20FN3O4S. The van der Waals surface area contributed by atoms with Crippen LogP contribution in [0.15, 0.2) is 24.3 Å². The minimum absolute atomic E-state index is 0.0240. The molecule has 2 N–H and O–H groups in total. The Labute approximate surface area is 135 Å². The van der Waals surface area contributed by atoms with Gasteiger partial charge in [0.15, 0.2) is 17.7 Å². The minimum atomic E-state index is -3.74. The van der Waals surface area contributed by atoms with Crippen molar-refractivity contribution in [3.05, 3.63) is 30.1 Å². The zero-order valence-electron chi connectivity index (χ0n) is 12.8. The van der Waals surface area contributed by atoms with Gasteiger partial charge in [-0.3, -0.25) is 4.79 Å². The predicted octanol–water partition coefficient (Wildman–Crippen LogP) is 0.331. The summed E-state index contributed by atoms with van der Waals surface area (Å²) in [5.74, 6) is -0.793. The normalized spacial score (nSPS) is 17.8. The molecule has 1 amide bonds. The van der Waals surface area contributed by atoms with Crippen LogP contribution in [0, 0.1) is 5.82 Å². The van der Waals surface area contributed by atoms with E-state index in [-0.39, 0.29) is 37.8 Å². The van der Waals surface area contributed by atoms with E-state index in [1.165, 1.54) is 23.1 Å². The molecule has 0 saturated carbocycles. The Morgan fingerprint density at radius 2 is 1.91 bits per heavy atom. The van der Waals surface area contributed by atoms with Gasteiger partial charge in [0.2, 0.25) is 0 Å². The number of carbonyl (C=O) groups excluding carboxylic acids is 1. The van der Waals surface area contributed by atoms with E-state index in [4.69, 9.17) is 9.88 Å². The van der Waals surface area contributed by atoms with Gasteiger partial charge in [0.05, 0.1) is 0 Å². The first-order valence-corrected chi connectivity index (χ1v) is 8.81. The molecule has 7 nitrogen and oxygen atoms in total. The number of nitrogens with two attached hydrogens (primary N) is 1. The van der Waals surface area contributed by atoms with E-state index in [1.54, 1.807) is 13.0 Å². The molecule has 23 heavy (non-hydrogen) atoms. The predicted molar refractivity (Wildman–Crippen MR) is 82.4 cm³/mol. The van der Waals surface area contributed by atoms with E-state index < -0.39 is 22.1 Å². The van der Waals surface area contributed by atoms with Gasteiger partial charge in [-0.15, -0.1) is 0 Å². The minimum Gasteiger partial charge on any atom is -0.478 e. The molecule has 0 radical (unpaired) electrons. The molecule has 0 bridgehead atoms. The highest BCUT2D eigenvalue weighted by molar-refractivity contribution is 7.86. The number of para-hydroxylation sites is 1. The lowest BCUT2D eigenvalue weighted by Crippen LogP contribution is -2.54. The fourth-order valence-electron chi connectivity index (χ4n) is 2.37. The third-order valence-corrected chi connectivity index (χ3v) is 4.75. The van der Waals surface area contributed by atoms with E-state index >= 15 is 0 Å². The number of ether oxygens (including phenoxy) is 1. The van der Waals surface area contributed by atoms with Crippen molar-refractivity contribution in [2.75, 3.05) is 26.2 Å². The van der Waals surface area contributed by atoms with Crippen LogP contribution in [0.1, 0.15) is 13.3 Å². The lowest BCUT2D eigenvalue weighted by Gasteiger charge is -2.34. The summed E-state index contributed by atoms with van der Waals surface area (Å²) in [4.78, 5) is 14.0. The highest BCUT2D eigenvalue weighted by Gasteiger charge is 2.30. The summed E-state index contributed by atoms with van der Waals surface area (Å²) in [7, 11) is -3.74. The van der Waals surface area contributed by atoms with Crippen LogP contribution in [0.25, 0.3) is 0 Å². The van der Waals surface area contributed by atoms with Crippen molar-refractivity contribution < 1.29 is 22.3 Å². The third kappa shape index (κ3) is 4.40. The lowest BCUT2D eigenvalue weighted by atomic mass is 10.2. The van der Waals surface area contributed by atoms with Crippen molar-refractivity contribution in [1.82, 2.24) is 9.21 Å². The molecular weight excluding hydrogens is 325 g/mol. The zero-order valence-corrected chi connectivity index (χ0v) is 13.6. The zero-order chi connectivity index (χ0) is 17.0. The summed E-state index contributed by atoms with van der Waals surface area (Å²) in [6.07, 6.45) is -0.435. The first-order valence-electron chi connectivity index (χ1n) is 7.30. The van der Waals surface area contributed by atoms with Crippen molar-refractivity contribution >= 4 is 16.1 Å². The number of carbonyl (C=O) groups is 1. The monoisotopic (exact) mass is 345 g/mol. The van der Waals surface area contributed by atoms with E-state index in [9.17, 15) is 17.6 Å². The smallest absolute Gasteiger partial charge is 0.277 e. The van der Waals surface area contributed by atoms with E-state index in [2.05, 4.69) is 0 Å². The van der Waals surface area contributed by atoms with Crippen LogP contribution < -0.4 is 9.88 Å². The highest BCUT2D eigenvalue weighted by atomic mass is 32.2. The standard InChI is InChI=1S/C14H20FN3O4S/c1-2-12(22-13-6-4-3-5-11(13)15)14(19)17-7-9-18(10-8-17)23(16,20)21/h3-6,12H,2,7-10H2,1H3,(H2,16,20,21). The molecule has 1 aliphatic heterocycles. The number of nitrogens with zero attached hydrogens (tertiary/aromatic N) is 2. The maximum Gasteiger partial charge on any atom is 0.277 e. The second-order valence-electron chi connectivity index (χ2n) is 5.21. The van der Waals surface area contributed by atoms with Gasteiger partial charge in [0.1, 0.15) is 0 Å². The third-order valence-electron chi connectivity index (χ3n) is 3.66. The average Bonchev–Trinajstić information content (AvgIpc) is 2.53. The van der Waals surface area contributed by atoms with Crippen LogP contribution in [-0.2, 0) is 15.0 Å². The Kier molecular flexibility index (Phi) is 5.55.